The zero-order chi connectivity index (χ0) is 22.3. The second-order valence-corrected chi connectivity index (χ2v) is 9.38. The molecule has 0 aliphatic rings. The molecule has 0 saturated heterocycles. The number of nitrogens with one attached hydrogen (secondary N) is 2. The first kappa shape index (κ1) is 20.0. The minimum absolute atomic E-state index is 0.150. The summed E-state index contributed by atoms with van der Waals surface area (Å²) in [6.07, 6.45) is 0. The smallest absolute Gasteiger partial charge is 0.261 e. The normalized spacial score (nSPS) is 11.7. The fourth-order valence-corrected chi connectivity index (χ4v) is 4.96. The number of para-hydroxylation sites is 2. The lowest BCUT2D eigenvalue weighted by Crippen LogP contribution is -2.14. The number of hydrogen-bond acceptors (Lipinski definition) is 3. The fourth-order valence-electron chi connectivity index (χ4n) is 3.89. The highest BCUT2D eigenvalue weighted by molar-refractivity contribution is 7.92. The summed E-state index contributed by atoms with van der Waals surface area (Å²) in [7, 11) is -3.82. The molecule has 0 radical (unpaired) electrons. The Balaban J connectivity index is 1.73. The summed E-state index contributed by atoms with van der Waals surface area (Å²) >= 11 is 0. The van der Waals surface area contributed by atoms with E-state index in [9.17, 15) is 13.2 Å². The van der Waals surface area contributed by atoms with Crippen LogP contribution in [0, 0.1) is 6.92 Å². The summed E-state index contributed by atoms with van der Waals surface area (Å²) in [5.41, 5.74) is 4.09. The van der Waals surface area contributed by atoms with Gasteiger partial charge in [0, 0.05) is 16.3 Å². The first-order valence-electron chi connectivity index (χ1n) is 10.2. The molecule has 0 fully saturated rings. The second kappa shape index (κ2) is 7.66. The first-order valence-corrected chi connectivity index (χ1v) is 11.6. The summed E-state index contributed by atoms with van der Waals surface area (Å²) < 4.78 is 28.6. The van der Waals surface area contributed by atoms with Crippen molar-refractivity contribution in [2.45, 2.75) is 11.8 Å². The Kier molecular flexibility index (Phi) is 4.79. The SMILES string of the molecule is Cc1ccc(S(=O)(=O)Nc2cccc3c(=O)c4cccc(-c5ccccc5)c4[nH]c23)cc1. The van der Waals surface area contributed by atoms with Crippen LogP contribution in [-0.2, 0) is 10.0 Å². The largest absolute Gasteiger partial charge is 0.352 e. The molecule has 0 aliphatic carbocycles. The number of H-pyrrole nitrogens is 1. The Morgan fingerprint density at radius 3 is 2.09 bits per heavy atom. The molecule has 1 aromatic heterocycles. The first-order chi connectivity index (χ1) is 15.4. The van der Waals surface area contributed by atoms with Crippen LogP contribution >= 0.6 is 0 Å². The second-order valence-electron chi connectivity index (χ2n) is 7.69. The van der Waals surface area contributed by atoms with Crippen molar-refractivity contribution in [2.75, 3.05) is 4.72 Å². The van der Waals surface area contributed by atoms with Gasteiger partial charge in [-0.25, -0.2) is 8.42 Å². The average molecular weight is 441 g/mol. The third-order valence-corrected chi connectivity index (χ3v) is 6.91. The third kappa shape index (κ3) is 3.44. The minimum atomic E-state index is -3.82. The molecule has 158 valence electrons. The molecule has 0 unspecified atom stereocenters. The van der Waals surface area contributed by atoms with E-state index in [-0.39, 0.29) is 10.3 Å². The quantitative estimate of drug-likeness (QED) is 0.364. The number of aromatic nitrogens is 1. The molecule has 32 heavy (non-hydrogen) atoms. The summed E-state index contributed by atoms with van der Waals surface area (Å²) in [6, 6.07) is 27.0. The van der Waals surface area contributed by atoms with Crippen LogP contribution in [0.15, 0.2) is 101 Å². The van der Waals surface area contributed by atoms with E-state index in [0.717, 1.165) is 16.7 Å². The van der Waals surface area contributed by atoms with E-state index in [2.05, 4.69) is 9.71 Å². The van der Waals surface area contributed by atoms with Crippen LogP contribution in [0.2, 0.25) is 0 Å². The van der Waals surface area contributed by atoms with Crippen LogP contribution in [0.3, 0.4) is 0 Å². The lowest BCUT2D eigenvalue weighted by molar-refractivity contribution is 0.601. The standard InChI is InChI=1S/C26H20N2O3S/c1-17-13-15-19(16-14-17)32(30,31)28-23-12-6-11-22-25(23)27-24-20(18-7-3-2-4-8-18)9-5-10-21(24)26(22)29/h2-16,28H,1H3,(H,27,29). The van der Waals surface area contributed by atoms with E-state index in [1.807, 2.05) is 49.4 Å². The lowest BCUT2D eigenvalue weighted by Gasteiger charge is -2.13. The molecule has 4 aromatic carbocycles. The minimum Gasteiger partial charge on any atom is -0.352 e. The molecule has 0 bridgehead atoms. The van der Waals surface area contributed by atoms with Crippen molar-refractivity contribution < 1.29 is 8.42 Å². The monoisotopic (exact) mass is 440 g/mol. The number of fused-ring (bicyclic) bond motifs is 2. The molecule has 5 rings (SSSR count). The molecule has 0 aliphatic heterocycles. The zero-order valence-electron chi connectivity index (χ0n) is 17.3. The fraction of sp³-hybridized carbons (Fsp3) is 0.0385. The molecule has 0 amide bonds. The van der Waals surface area contributed by atoms with Gasteiger partial charge in [-0.15, -0.1) is 0 Å². The van der Waals surface area contributed by atoms with Crippen LogP contribution in [0.4, 0.5) is 5.69 Å². The van der Waals surface area contributed by atoms with Crippen molar-refractivity contribution in [3.05, 3.63) is 107 Å². The molecule has 6 heteroatoms. The highest BCUT2D eigenvalue weighted by atomic mass is 32.2. The van der Waals surface area contributed by atoms with Gasteiger partial charge in [-0.3, -0.25) is 9.52 Å². The Morgan fingerprint density at radius 1 is 0.719 bits per heavy atom. The van der Waals surface area contributed by atoms with Gasteiger partial charge in [0.25, 0.3) is 10.0 Å². The number of benzene rings is 4. The van der Waals surface area contributed by atoms with E-state index in [4.69, 9.17) is 0 Å². The summed E-state index contributed by atoms with van der Waals surface area (Å²) in [5, 5.41) is 0.976. The number of rotatable bonds is 4. The van der Waals surface area contributed by atoms with Gasteiger partial charge in [-0.2, -0.15) is 0 Å². The van der Waals surface area contributed by atoms with Gasteiger partial charge in [-0.05, 0) is 42.8 Å². The number of sulfonamides is 1. The van der Waals surface area contributed by atoms with Crippen molar-refractivity contribution in [2.24, 2.45) is 0 Å². The third-order valence-electron chi connectivity index (χ3n) is 5.53. The zero-order valence-corrected chi connectivity index (χ0v) is 18.1. The van der Waals surface area contributed by atoms with E-state index in [1.165, 1.54) is 0 Å². The lowest BCUT2D eigenvalue weighted by atomic mass is 10.0. The summed E-state index contributed by atoms with van der Waals surface area (Å²) in [6.45, 7) is 1.90. The van der Waals surface area contributed by atoms with Gasteiger partial charge >= 0.3 is 0 Å². The number of aromatic amines is 1. The Hall–Kier alpha value is -3.90. The Labute approximate surface area is 185 Å². The van der Waals surface area contributed by atoms with Crippen LogP contribution < -0.4 is 10.2 Å². The van der Waals surface area contributed by atoms with Gasteiger partial charge in [0.05, 0.1) is 21.6 Å². The van der Waals surface area contributed by atoms with Gasteiger partial charge in [0.1, 0.15) is 0 Å². The van der Waals surface area contributed by atoms with Gasteiger partial charge in [0.15, 0.2) is 5.43 Å². The van der Waals surface area contributed by atoms with Crippen molar-refractivity contribution in [1.82, 2.24) is 4.98 Å². The molecule has 0 saturated carbocycles. The summed E-state index contributed by atoms with van der Waals surface area (Å²) in [4.78, 5) is 16.8. The Morgan fingerprint density at radius 2 is 1.38 bits per heavy atom. The molecule has 2 N–H and O–H groups in total. The summed E-state index contributed by atoms with van der Waals surface area (Å²) in [5.74, 6) is 0. The van der Waals surface area contributed by atoms with Crippen molar-refractivity contribution in [1.29, 1.82) is 0 Å². The maximum absolute atomic E-state index is 13.3. The molecule has 5 nitrogen and oxygen atoms in total. The maximum atomic E-state index is 13.3. The van der Waals surface area contributed by atoms with Crippen LogP contribution in [0.1, 0.15) is 5.56 Å². The molecular formula is C26H20N2O3S. The van der Waals surface area contributed by atoms with Gasteiger partial charge < -0.3 is 4.98 Å². The highest BCUT2D eigenvalue weighted by Crippen LogP contribution is 2.30. The van der Waals surface area contributed by atoms with E-state index in [0.29, 0.717) is 27.5 Å². The number of aryl methyl sites for hydroxylation is 1. The van der Waals surface area contributed by atoms with Gasteiger partial charge in [-0.1, -0.05) is 66.2 Å². The van der Waals surface area contributed by atoms with Crippen molar-refractivity contribution in [3.8, 4) is 11.1 Å². The molecule has 0 atom stereocenters. The van der Waals surface area contributed by atoms with E-state index in [1.54, 1.807) is 48.5 Å². The van der Waals surface area contributed by atoms with E-state index < -0.39 is 10.0 Å². The Bertz CT molecular complexity index is 1620. The predicted octanol–water partition coefficient (Wildman–Crippen LogP) is 5.46. The van der Waals surface area contributed by atoms with Crippen molar-refractivity contribution >= 4 is 37.5 Å². The highest BCUT2D eigenvalue weighted by Gasteiger charge is 2.17. The number of hydrogen-bond donors (Lipinski definition) is 2. The van der Waals surface area contributed by atoms with Crippen LogP contribution in [0.25, 0.3) is 32.9 Å². The molecular weight excluding hydrogens is 420 g/mol. The van der Waals surface area contributed by atoms with E-state index >= 15 is 0 Å². The van der Waals surface area contributed by atoms with Crippen LogP contribution in [-0.4, -0.2) is 13.4 Å². The molecule has 5 aromatic rings. The van der Waals surface area contributed by atoms with Crippen molar-refractivity contribution in [3.63, 3.8) is 0 Å². The molecule has 1 heterocycles. The van der Waals surface area contributed by atoms with Gasteiger partial charge in [0.2, 0.25) is 0 Å². The van der Waals surface area contributed by atoms with Crippen LogP contribution in [0.5, 0.6) is 0 Å². The average Bonchev–Trinajstić information content (AvgIpc) is 2.80. The maximum Gasteiger partial charge on any atom is 0.261 e. The molecule has 0 spiro atoms. The number of anilines is 1. The topological polar surface area (TPSA) is 79.0 Å². The number of pyridine rings is 1. The predicted molar refractivity (Wildman–Crippen MR) is 129 cm³/mol.